The van der Waals surface area contributed by atoms with Crippen LogP contribution >= 0.6 is 0 Å². The van der Waals surface area contributed by atoms with Gasteiger partial charge in [0.15, 0.2) is 0 Å². The smallest absolute Gasteiger partial charge is 0.0319 e. The van der Waals surface area contributed by atoms with E-state index in [4.69, 9.17) is 10.2 Å². The molecule has 5 heavy (non-hydrogen) atoms. The fourth-order valence-electron chi connectivity index (χ4n) is 0. The largest absolute Gasteiger partial charge is 0.400 e. The fraction of sp³-hybridized carbons (Fsp3) is 1.00. The molecule has 0 atom stereocenters. The standard InChI is InChI=1S/2CH4O.Ce/c2*1-2;/h2*2H,1H3;. The Bertz CT molecular complexity index is 7.61. The average molecular weight is 204 g/mol. The van der Waals surface area contributed by atoms with Crippen molar-refractivity contribution in [2.45, 2.75) is 0 Å². The van der Waals surface area contributed by atoms with Crippen molar-refractivity contribution in [3.05, 3.63) is 0 Å². The second kappa shape index (κ2) is 58.2. The van der Waals surface area contributed by atoms with Crippen molar-refractivity contribution in [3.8, 4) is 0 Å². The molecular formula is C2H8CeO2. The maximum absolute atomic E-state index is 7.00. The first kappa shape index (κ1) is 16.3. The number of hydrogen-bond acceptors (Lipinski definition) is 2. The van der Waals surface area contributed by atoms with Gasteiger partial charge in [-0.2, -0.15) is 0 Å². The molecule has 0 saturated heterocycles. The molecule has 0 rings (SSSR count). The molecule has 0 saturated carbocycles. The van der Waals surface area contributed by atoms with Gasteiger partial charge < -0.3 is 10.2 Å². The fourth-order valence-corrected chi connectivity index (χ4v) is 0. The predicted octanol–water partition coefficient (Wildman–Crippen LogP) is -0.783. The predicted molar refractivity (Wildman–Crippen MR) is 16.3 cm³/mol. The van der Waals surface area contributed by atoms with Gasteiger partial charge in [-0.05, 0) is 0 Å². The van der Waals surface area contributed by atoms with Crippen LogP contribution in [0, 0.1) is 41.7 Å². The van der Waals surface area contributed by atoms with Gasteiger partial charge in [0.2, 0.25) is 0 Å². The Hall–Kier alpha value is 1.30. The number of aliphatic hydroxyl groups excluding tert-OH is 2. The van der Waals surface area contributed by atoms with Crippen LogP contribution < -0.4 is 0 Å². The van der Waals surface area contributed by atoms with Crippen molar-refractivity contribution in [2.24, 2.45) is 0 Å². The molecule has 0 aliphatic carbocycles. The van der Waals surface area contributed by atoms with E-state index in [2.05, 4.69) is 0 Å². The van der Waals surface area contributed by atoms with Crippen LogP contribution in [-0.4, -0.2) is 24.4 Å². The second-order valence-corrected chi connectivity index (χ2v) is 0. The molecular weight excluding hydrogens is 196 g/mol. The summed E-state index contributed by atoms with van der Waals surface area (Å²) in [4.78, 5) is 0. The maximum Gasteiger partial charge on any atom is 0.0319 e. The molecule has 0 aromatic carbocycles. The summed E-state index contributed by atoms with van der Waals surface area (Å²) in [5.41, 5.74) is 0. The first-order valence-electron chi connectivity index (χ1n) is 0.894. The monoisotopic (exact) mass is 204 g/mol. The van der Waals surface area contributed by atoms with E-state index < -0.39 is 0 Å². The summed E-state index contributed by atoms with van der Waals surface area (Å²) in [6, 6.07) is 0. The minimum Gasteiger partial charge on any atom is -0.400 e. The summed E-state index contributed by atoms with van der Waals surface area (Å²) in [7, 11) is 2.00. The molecule has 0 radical (unpaired) electrons. The average Bonchev–Trinajstić information content (AvgIpc) is 1.50. The van der Waals surface area contributed by atoms with E-state index >= 15 is 0 Å². The molecule has 32 valence electrons. The van der Waals surface area contributed by atoms with Crippen LogP contribution in [0.2, 0.25) is 0 Å². The molecule has 0 heterocycles. The van der Waals surface area contributed by atoms with E-state index in [0.717, 1.165) is 14.2 Å². The zero-order valence-electron chi connectivity index (χ0n) is 3.39. The topological polar surface area (TPSA) is 40.5 Å². The molecule has 2 N–H and O–H groups in total. The van der Waals surface area contributed by atoms with Crippen molar-refractivity contribution in [1.29, 1.82) is 0 Å². The van der Waals surface area contributed by atoms with Crippen LogP contribution in [0.25, 0.3) is 0 Å². The van der Waals surface area contributed by atoms with Gasteiger partial charge in [0, 0.05) is 56.0 Å². The van der Waals surface area contributed by atoms with Gasteiger partial charge in [-0.15, -0.1) is 0 Å². The number of aliphatic hydroxyl groups is 2. The zero-order valence-corrected chi connectivity index (χ0v) is 6.53. The molecule has 0 fully saturated rings. The first-order chi connectivity index (χ1) is 2.00. The van der Waals surface area contributed by atoms with Crippen LogP contribution in [0.3, 0.4) is 0 Å². The van der Waals surface area contributed by atoms with Gasteiger partial charge in [0.05, 0.1) is 0 Å². The van der Waals surface area contributed by atoms with Gasteiger partial charge in [-0.25, -0.2) is 0 Å². The van der Waals surface area contributed by atoms with Gasteiger partial charge in [-0.3, -0.25) is 0 Å². The minimum atomic E-state index is 0. The van der Waals surface area contributed by atoms with Gasteiger partial charge in [0.25, 0.3) is 0 Å². The van der Waals surface area contributed by atoms with Crippen molar-refractivity contribution in [1.82, 2.24) is 0 Å². The summed E-state index contributed by atoms with van der Waals surface area (Å²) in [5, 5.41) is 14.0. The normalized spacial score (nSPS) is 2.40. The van der Waals surface area contributed by atoms with Crippen molar-refractivity contribution < 1.29 is 52.0 Å². The van der Waals surface area contributed by atoms with Crippen molar-refractivity contribution in [3.63, 3.8) is 0 Å². The summed E-state index contributed by atoms with van der Waals surface area (Å²) < 4.78 is 0. The zero-order chi connectivity index (χ0) is 4.00. The van der Waals surface area contributed by atoms with E-state index in [-0.39, 0.29) is 41.7 Å². The third-order valence-electron chi connectivity index (χ3n) is 0. The molecule has 0 aliphatic rings. The van der Waals surface area contributed by atoms with Crippen LogP contribution in [0.4, 0.5) is 0 Å². The van der Waals surface area contributed by atoms with E-state index in [1.807, 2.05) is 0 Å². The molecule has 0 bridgehead atoms. The summed E-state index contributed by atoms with van der Waals surface area (Å²) >= 11 is 0. The number of rotatable bonds is 0. The third kappa shape index (κ3) is 34.2. The van der Waals surface area contributed by atoms with E-state index in [9.17, 15) is 0 Å². The van der Waals surface area contributed by atoms with Crippen molar-refractivity contribution in [2.75, 3.05) is 14.2 Å². The second-order valence-electron chi connectivity index (χ2n) is 0. The molecule has 0 spiro atoms. The summed E-state index contributed by atoms with van der Waals surface area (Å²) in [5.74, 6) is 0. The Labute approximate surface area is 65.6 Å². The van der Waals surface area contributed by atoms with Crippen LogP contribution in [-0.2, 0) is 0 Å². The molecule has 0 amide bonds. The van der Waals surface area contributed by atoms with Crippen LogP contribution in [0.1, 0.15) is 0 Å². The quantitative estimate of drug-likeness (QED) is 0.543. The molecule has 3 heteroatoms. The summed E-state index contributed by atoms with van der Waals surface area (Å²) in [6.45, 7) is 0. The number of hydrogen-bond donors (Lipinski definition) is 2. The van der Waals surface area contributed by atoms with Crippen LogP contribution in [0.15, 0.2) is 0 Å². The first-order valence-corrected chi connectivity index (χ1v) is 0.894. The Morgan fingerprint density at radius 1 is 0.800 bits per heavy atom. The molecule has 0 aliphatic heterocycles. The molecule has 0 aromatic heterocycles. The Balaban J connectivity index is -0.0000000133. The Morgan fingerprint density at radius 2 is 0.800 bits per heavy atom. The SMILES string of the molecule is CO.CO.[Ce]. The third-order valence-corrected chi connectivity index (χ3v) is 0. The van der Waals surface area contributed by atoms with E-state index in [1.165, 1.54) is 0 Å². The maximum atomic E-state index is 7.00. The molecule has 0 aromatic rings. The summed E-state index contributed by atoms with van der Waals surface area (Å²) in [6.07, 6.45) is 0. The molecule has 2 nitrogen and oxygen atoms in total. The Kier molecular flexibility index (Phi) is 189. The van der Waals surface area contributed by atoms with Crippen LogP contribution in [0.5, 0.6) is 0 Å². The van der Waals surface area contributed by atoms with E-state index in [0.29, 0.717) is 0 Å². The van der Waals surface area contributed by atoms with Gasteiger partial charge in [-0.1, -0.05) is 0 Å². The van der Waals surface area contributed by atoms with E-state index in [1.54, 1.807) is 0 Å². The minimum absolute atomic E-state index is 0. The van der Waals surface area contributed by atoms with Gasteiger partial charge in [0.1, 0.15) is 0 Å². The molecule has 0 unspecified atom stereocenters. The Morgan fingerprint density at radius 3 is 0.800 bits per heavy atom. The van der Waals surface area contributed by atoms with Crippen molar-refractivity contribution >= 4 is 0 Å². The van der Waals surface area contributed by atoms with Gasteiger partial charge >= 0.3 is 0 Å².